The molecule has 0 radical (unpaired) electrons. The van der Waals surface area contributed by atoms with Crippen molar-refractivity contribution >= 4 is 35.0 Å². The van der Waals surface area contributed by atoms with Gasteiger partial charge in [0.25, 0.3) is 0 Å². The van der Waals surface area contributed by atoms with Crippen molar-refractivity contribution in [3.05, 3.63) is 63.6 Å². The second-order valence-corrected chi connectivity index (χ2v) is 6.59. The first-order valence-corrected chi connectivity index (χ1v) is 8.43. The summed E-state index contributed by atoms with van der Waals surface area (Å²) >= 11 is 13.1. The molecule has 1 aromatic heterocycles. The molecule has 124 valence electrons. The highest BCUT2D eigenvalue weighted by atomic mass is 35.5. The highest BCUT2D eigenvalue weighted by molar-refractivity contribution is 7.98. The summed E-state index contributed by atoms with van der Waals surface area (Å²) in [6, 6.07) is 8.92. The number of rotatable bonds is 4. The van der Waals surface area contributed by atoms with Crippen molar-refractivity contribution in [3.8, 4) is 11.4 Å². The molecule has 2 aromatic carbocycles. The molecule has 9 heteroatoms. The number of nitrogens with zero attached hydrogens (tertiary/aromatic N) is 3. The van der Waals surface area contributed by atoms with Crippen LogP contribution in [0.25, 0.3) is 11.4 Å². The predicted octanol–water partition coefficient (Wildman–Crippen LogP) is 4.54. The van der Waals surface area contributed by atoms with Gasteiger partial charge in [-0.05, 0) is 24.3 Å². The van der Waals surface area contributed by atoms with Crippen LogP contribution >= 0.6 is 35.0 Å². The lowest BCUT2D eigenvalue weighted by Gasteiger charge is -2.06. The van der Waals surface area contributed by atoms with Gasteiger partial charge in [-0.25, -0.2) is 13.5 Å². The second-order valence-electron chi connectivity index (χ2n) is 4.80. The molecule has 1 heterocycles. The Morgan fingerprint density at radius 3 is 2.67 bits per heavy atom. The summed E-state index contributed by atoms with van der Waals surface area (Å²) < 4.78 is 28.1. The largest absolute Gasteiger partial charge is 0.335 e. The third-order valence-corrected chi connectivity index (χ3v) is 4.76. The van der Waals surface area contributed by atoms with E-state index in [2.05, 4.69) is 10.2 Å². The van der Waals surface area contributed by atoms with Gasteiger partial charge in [0, 0.05) is 21.9 Å². The number of hydrogen-bond donors (Lipinski definition) is 1. The van der Waals surface area contributed by atoms with E-state index >= 15 is 0 Å². The van der Waals surface area contributed by atoms with Crippen LogP contribution in [-0.2, 0) is 5.75 Å². The molecule has 0 fully saturated rings. The molecular weight excluding hydrogens is 377 g/mol. The molecule has 0 amide bonds. The molecule has 0 saturated carbocycles. The predicted molar refractivity (Wildman–Crippen MR) is 91.5 cm³/mol. The zero-order valence-corrected chi connectivity index (χ0v) is 14.3. The molecule has 0 aliphatic rings. The number of halogens is 4. The fourth-order valence-corrected chi connectivity index (χ4v) is 3.36. The summed E-state index contributed by atoms with van der Waals surface area (Å²) in [6.45, 7) is 0. The maximum atomic E-state index is 13.7. The van der Waals surface area contributed by atoms with E-state index in [4.69, 9.17) is 29.0 Å². The molecule has 0 bridgehead atoms. The summed E-state index contributed by atoms with van der Waals surface area (Å²) in [5.74, 6) is 4.72. The Kier molecular flexibility index (Phi) is 4.93. The minimum Gasteiger partial charge on any atom is -0.335 e. The van der Waals surface area contributed by atoms with E-state index in [1.807, 2.05) is 0 Å². The topological polar surface area (TPSA) is 56.7 Å². The van der Waals surface area contributed by atoms with Crippen LogP contribution < -0.4 is 5.84 Å². The van der Waals surface area contributed by atoms with E-state index in [-0.39, 0.29) is 11.3 Å². The van der Waals surface area contributed by atoms with Crippen molar-refractivity contribution in [1.29, 1.82) is 0 Å². The summed E-state index contributed by atoms with van der Waals surface area (Å²) in [4.78, 5) is 0. The number of benzene rings is 2. The molecule has 2 N–H and O–H groups in total. The average molecular weight is 387 g/mol. The first-order valence-electron chi connectivity index (χ1n) is 6.69. The Balaban J connectivity index is 1.84. The standard InChI is InChI=1S/C15H10Cl2F2N4S/c16-9-4-5-10(11(17)6-9)14-21-22-15(23(14)20)24-7-8-2-1-3-12(18)13(8)19/h1-6H,7,20H2. The number of nitrogens with two attached hydrogens (primary N) is 1. The monoisotopic (exact) mass is 386 g/mol. The van der Waals surface area contributed by atoms with Crippen molar-refractivity contribution in [3.63, 3.8) is 0 Å². The van der Waals surface area contributed by atoms with Gasteiger partial charge in [0.2, 0.25) is 5.16 Å². The lowest BCUT2D eigenvalue weighted by Crippen LogP contribution is -2.11. The molecule has 0 atom stereocenters. The normalized spacial score (nSPS) is 11.0. The quantitative estimate of drug-likeness (QED) is 0.528. The smallest absolute Gasteiger partial charge is 0.210 e. The van der Waals surface area contributed by atoms with Gasteiger partial charge < -0.3 is 5.84 Å². The van der Waals surface area contributed by atoms with Crippen LogP contribution in [0.3, 0.4) is 0 Å². The second kappa shape index (κ2) is 6.96. The summed E-state index contributed by atoms with van der Waals surface area (Å²) in [5, 5.41) is 9.19. The highest BCUT2D eigenvalue weighted by Crippen LogP contribution is 2.31. The Bertz CT molecular complexity index is 901. The van der Waals surface area contributed by atoms with Gasteiger partial charge in [0.1, 0.15) is 0 Å². The van der Waals surface area contributed by atoms with E-state index in [9.17, 15) is 8.78 Å². The molecule has 0 aliphatic heterocycles. The molecular formula is C15H10Cl2F2N4S. The summed E-state index contributed by atoms with van der Waals surface area (Å²) in [5.41, 5.74) is 0.786. The molecule has 0 spiro atoms. The van der Waals surface area contributed by atoms with Crippen molar-refractivity contribution in [2.45, 2.75) is 10.9 Å². The minimum atomic E-state index is -0.893. The Hall–Kier alpha value is -1.83. The average Bonchev–Trinajstić information content (AvgIpc) is 2.90. The van der Waals surface area contributed by atoms with E-state index in [1.54, 1.807) is 18.2 Å². The van der Waals surface area contributed by atoms with Gasteiger partial charge in [-0.1, -0.05) is 47.1 Å². The van der Waals surface area contributed by atoms with Crippen LogP contribution in [0, 0.1) is 11.6 Å². The highest BCUT2D eigenvalue weighted by Gasteiger charge is 2.16. The van der Waals surface area contributed by atoms with Crippen LogP contribution in [0.1, 0.15) is 5.56 Å². The van der Waals surface area contributed by atoms with Gasteiger partial charge in [0.15, 0.2) is 17.5 Å². The lowest BCUT2D eigenvalue weighted by molar-refractivity contribution is 0.502. The molecule has 0 saturated heterocycles. The Morgan fingerprint density at radius 1 is 1.12 bits per heavy atom. The van der Waals surface area contributed by atoms with Gasteiger partial charge in [-0.15, -0.1) is 10.2 Å². The zero-order chi connectivity index (χ0) is 17.3. The number of nitrogen functional groups attached to an aromatic ring is 1. The summed E-state index contributed by atoms with van der Waals surface area (Å²) in [7, 11) is 0. The molecule has 3 aromatic rings. The van der Waals surface area contributed by atoms with Crippen molar-refractivity contribution < 1.29 is 8.78 Å². The molecule has 0 aliphatic carbocycles. The van der Waals surface area contributed by atoms with E-state index in [0.29, 0.717) is 26.6 Å². The molecule has 3 rings (SSSR count). The minimum absolute atomic E-state index is 0.160. The van der Waals surface area contributed by atoms with Crippen LogP contribution in [0.5, 0.6) is 0 Å². The van der Waals surface area contributed by atoms with Crippen LogP contribution in [0.4, 0.5) is 8.78 Å². The maximum Gasteiger partial charge on any atom is 0.210 e. The van der Waals surface area contributed by atoms with E-state index in [0.717, 1.165) is 17.8 Å². The first-order chi connectivity index (χ1) is 11.5. The van der Waals surface area contributed by atoms with Crippen molar-refractivity contribution in [2.24, 2.45) is 0 Å². The third kappa shape index (κ3) is 3.33. The van der Waals surface area contributed by atoms with Gasteiger partial charge >= 0.3 is 0 Å². The van der Waals surface area contributed by atoms with Crippen LogP contribution in [0.2, 0.25) is 10.0 Å². The van der Waals surface area contributed by atoms with Gasteiger partial charge in [0.05, 0.1) is 5.02 Å². The van der Waals surface area contributed by atoms with Crippen molar-refractivity contribution in [2.75, 3.05) is 5.84 Å². The fraction of sp³-hybridized carbons (Fsp3) is 0.0667. The fourth-order valence-electron chi connectivity index (χ4n) is 2.03. The zero-order valence-electron chi connectivity index (χ0n) is 12.0. The third-order valence-electron chi connectivity index (χ3n) is 3.22. The van der Waals surface area contributed by atoms with Crippen LogP contribution in [0.15, 0.2) is 41.6 Å². The van der Waals surface area contributed by atoms with Crippen molar-refractivity contribution in [1.82, 2.24) is 14.9 Å². The number of thioether (sulfide) groups is 1. The molecule has 4 nitrogen and oxygen atoms in total. The molecule has 0 unspecified atom stereocenters. The lowest BCUT2D eigenvalue weighted by atomic mass is 10.2. The maximum absolute atomic E-state index is 13.7. The van der Waals surface area contributed by atoms with Gasteiger partial charge in [-0.2, -0.15) is 0 Å². The van der Waals surface area contributed by atoms with E-state index in [1.165, 1.54) is 16.8 Å². The molecule has 24 heavy (non-hydrogen) atoms. The summed E-state index contributed by atoms with van der Waals surface area (Å²) in [6.07, 6.45) is 0. The Labute approximate surface area is 150 Å². The number of hydrogen-bond acceptors (Lipinski definition) is 4. The van der Waals surface area contributed by atoms with Gasteiger partial charge in [-0.3, -0.25) is 0 Å². The van der Waals surface area contributed by atoms with E-state index < -0.39 is 11.6 Å². The Morgan fingerprint density at radius 2 is 1.92 bits per heavy atom. The number of aromatic nitrogens is 3. The van der Waals surface area contributed by atoms with Crippen LogP contribution in [-0.4, -0.2) is 14.9 Å². The first kappa shape index (κ1) is 17.0. The SMILES string of the molecule is Nn1c(SCc2cccc(F)c2F)nnc1-c1ccc(Cl)cc1Cl.